The molecule has 3 N–H and O–H groups in total. The number of hydrogen-bond acceptors (Lipinski definition) is 8. The molecule has 2 aromatic rings. The van der Waals surface area contributed by atoms with E-state index in [4.69, 9.17) is 24.7 Å². The van der Waals surface area contributed by atoms with E-state index in [1.165, 1.54) is 0 Å². The topological polar surface area (TPSA) is 141 Å². The SMILES string of the molecule is CCOc1cc2c(cc1C(=O)NC)C(=N)N(CC(=O)c1cc(N3CCC(OCC(=O)O)CC3)c(OC)c(C(C)(C)C)c1)C2. The Morgan fingerprint density at radius 2 is 1.81 bits per heavy atom. The van der Waals surface area contributed by atoms with Gasteiger partial charge in [0.05, 0.1) is 37.6 Å². The summed E-state index contributed by atoms with van der Waals surface area (Å²) in [6.07, 6.45) is 1.18. The van der Waals surface area contributed by atoms with Crippen molar-refractivity contribution in [2.24, 2.45) is 0 Å². The van der Waals surface area contributed by atoms with E-state index in [9.17, 15) is 14.4 Å². The monoisotopic (exact) mass is 594 g/mol. The summed E-state index contributed by atoms with van der Waals surface area (Å²) in [5.41, 5.74) is 3.70. The second-order valence-corrected chi connectivity index (χ2v) is 11.9. The van der Waals surface area contributed by atoms with Crippen LogP contribution in [0.2, 0.25) is 0 Å². The number of benzene rings is 2. The minimum atomic E-state index is -0.985. The Morgan fingerprint density at radius 1 is 1.12 bits per heavy atom. The summed E-state index contributed by atoms with van der Waals surface area (Å²) < 4.78 is 17.1. The number of nitrogens with zero attached hydrogens (tertiary/aromatic N) is 2. The number of amidine groups is 1. The third kappa shape index (κ3) is 6.93. The number of methoxy groups -OCH3 is 1. The Hall–Kier alpha value is -4.12. The highest BCUT2D eigenvalue weighted by atomic mass is 16.5. The van der Waals surface area contributed by atoms with E-state index in [2.05, 4.69) is 31.0 Å². The van der Waals surface area contributed by atoms with Crippen molar-refractivity contribution in [3.63, 3.8) is 0 Å². The maximum Gasteiger partial charge on any atom is 0.329 e. The molecule has 0 unspecified atom stereocenters. The average Bonchev–Trinajstić information content (AvgIpc) is 3.27. The van der Waals surface area contributed by atoms with Gasteiger partial charge in [0.1, 0.15) is 23.9 Å². The lowest BCUT2D eigenvalue weighted by Gasteiger charge is -2.36. The fourth-order valence-electron chi connectivity index (χ4n) is 5.65. The number of hydrogen-bond donors (Lipinski definition) is 3. The van der Waals surface area contributed by atoms with Crippen LogP contribution in [-0.4, -0.2) is 86.6 Å². The van der Waals surface area contributed by atoms with Gasteiger partial charge in [-0.15, -0.1) is 0 Å². The molecule has 2 aliphatic rings. The van der Waals surface area contributed by atoms with Gasteiger partial charge in [0.25, 0.3) is 5.91 Å². The number of fused-ring (bicyclic) bond motifs is 1. The van der Waals surface area contributed by atoms with E-state index < -0.39 is 5.97 Å². The Morgan fingerprint density at radius 3 is 2.40 bits per heavy atom. The summed E-state index contributed by atoms with van der Waals surface area (Å²) in [6.45, 7) is 9.74. The van der Waals surface area contributed by atoms with E-state index >= 15 is 0 Å². The second-order valence-electron chi connectivity index (χ2n) is 11.9. The molecule has 232 valence electrons. The molecule has 0 radical (unpaired) electrons. The van der Waals surface area contributed by atoms with Crippen LogP contribution in [0.5, 0.6) is 11.5 Å². The Labute approximate surface area is 252 Å². The van der Waals surface area contributed by atoms with Gasteiger partial charge in [-0.05, 0) is 55.0 Å². The van der Waals surface area contributed by atoms with E-state index in [0.29, 0.717) is 67.3 Å². The minimum absolute atomic E-state index is 0.00670. The first kappa shape index (κ1) is 31.8. The number of amides is 1. The van der Waals surface area contributed by atoms with E-state index in [1.54, 1.807) is 31.2 Å². The third-order valence-electron chi connectivity index (χ3n) is 7.87. The molecule has 2 heterocycles. The zero-order valence-electron chi connectivity index (χ0n) is 25.8. The van der Waals surface area contributed by atoms with Crippen LogP contribution in [0, 0.1) is 5.41 Å². The first-order chi connectivity index (χ1) is 20.4. The van der Waals surface area contributed by atoms with Crippen molar-refractivity contribution in [2.75, 3.05) is 51.9 Å². The van der Waals surface area contributed by atoms with Crippen molar-refractivity contribution in [3.05, 3.63) is 52.1 Å². The molecule has 1 amide bonds. The molecule has 0 aromatic heterocycles. The number of Topliss-reactive ketones (excluding diaryl/α,β-unsaturated/α-hetero) is 1. The lowest BCUT2D eigenvalue weighted by Crippen LogP contribution is -2.38. The summed E-state index contributed by atoms with van der Waals surface area (Å²) >= 11 is 0. The molecule has 11 heteroatoms. The summed E-state index contributed by atoms with van der Waals surface area (Å²) in [6, 6.07) is 7.20. The van der Waals surface area contributed by atoms with Gasteiger partial charge in [-0.25, -0.2) is 4.79 Å². The third-order valence-corrected chi connectivity index (χ3v) is 7.87. The van der Waals surface area contributed by atoms with Crippen molar-refractivity contribution in [1.82, 2.24) is 10.2 Å². The fraction of sp³-hybridized carbons (Fsp3) is 0.500. The summed E-state index contributed by atoms with van der Waals surface area (Å²) in [7, 11) is 3.18. The number of carboxylic acids is 1. The van der Waals surface area contributed by atoms with Crippen molar-refractivity contribution >= 4 is 29.2 Å². The second kappa shape index (κ2) is 13.0. The molecule has 1 fully saturated rings. The van der Waals surface area contributed by atoms with Crippen molar-refractivity contribution < 1.29 is 33.7 Å². The highest BCUT2D eigenvalue weighted by Crippen LogP contribution is 2.41. The normalized spacial score (nSPS) is 15.3. The molecule has 2 aliphatic heterocycles. The Bertz CT molecular complexity index is 1410. The maximum atomic E-state index is 13.8. The largest absolute Gasteiger partial charge is 0.494 e. The number of rotatable bonds is 11. The number of anilines is 1. The van der Waals surface area contributed by atoms with Crippen LogP contribution >= 0.6 is 0 Å². The summed E-state index contributed by atoms with van der Waals surface area (Å²) in [5, 5.41) is 20.4. The molecule has 1 saturated heterocycles. The Kier molecular flexibility index (Phi) is 9.64. The number of ketones is 1. The van der Waals surface area contributed by atoms with E-state index in [-0.39, 0.29) is 42.2 Å². The highest BCUT2D eigenvalue weighted by molar-refractivity contribution is 6.08. The van der Waals surface area contributed by atoms with Gasteiger partial charge in [-0.2, -0.15) is 0 Å². The first-order valence-electron chi connectivity index (χ1n) is 14.6. The minimum Gasteiger partial charge on any atom is -0.494 e. The maximum absolute atomic E-state index is 13.8. The molecular weight excluding hydrogens is 552 g/mol. The molecule has 43 heavy (non-hydrogen) atoms. The molecule has 0 aliphatic carbocycles. The van der Waals surface area contributed by atoms with Gasteiger partial charge in [-0.1, -0.05) is 20.8 Å². The molecule has 0 saturated carbocycles. The number of carbonyl (C=O) groups is 3. The molecule has 0 spiro atoms. The number of carboxylic acid groups (broad SMARTS) is 1. The fourth-order valence-corrected chi connectivity index (χ4v) is 5.65. The van der Waals surface area contributed by atoms with Gasteiger partial charge in [0.15, 0.2) is 5.78 Å². The van der Waals surface area contributed by atoms with Gasteiger partial charge >= 0.3 is 5.97 Å². The van der Waals surface area contributed by atoms with Crippen LogP contribution in [-0.2, 0) is 21.5 Å². The number of carbonyl (C=O) groups excluding carboxylic acids is 2. The molecule has 4 rings (SSSR count). The Balaban J connectivity index is 1.60. The summed E-state index contributed by atoms with van der Waals surface area (Å²) in [5.74, 6) is -0.0748. The van der Waals surface area contributed by atoms with Crippen LogP contribution in [0.4, 0.5) is 5.69 Å². The number of ether oxygens (including phenoxy) is 3. The lowest BCUT2D eigenvalue weighted by atomic mass is 9.84. The smallest absolute Gasteiger partial charge is 0.329 e. The van der Waals surface area contributed by atoms with Crippen molar-refractivity contribution in [1.29, 1.82) is 5.41 Å². The van der Waals surface area contributed by atoms with Crippen LogP contribution in [0.15, 0.2) is 24.3 Å². The number of piperidine rings is 1. The molecular formula is C32H42N4O7. The highest BCUT2D eigenvalue weighted by Gasteiger charge is 2.32. The van der Waals surface area contributed by atoms with Crippen LogP contribution < -0.4 is 19.7 Å². The molecule has 0 bridgehead atoms. The first-order valence-corrected chi connectivity index (χ1v) is 14.6. The average molecular weight is 595 g/mol. The zero-order valence-corrected chi connectivity index (χ0v) is 25.8. The quantitative estimate of drug-likeness (QED) is 0.331. The zero-order chi connectivity index (χ0) is 31.5. The number of aliphatic carboxylic acids is 1. The van der Waals surface area contributed by atoms with Gasteiger partial charge in [0, 0.05) is 43.4 Å². The van der Waals surface area contributed by atoms with Crippen LogP contribution in [0.1, 0.15) is 77.9 Å². The van der Waals surface area contributed by atoms with Crippen molar-refractivity contribution in [2.45, 2.75) is 58.6 Å². The van der Waals surface area contributed by atoms with Gasteiger partial charge in [-0.3, -0.25) is 15.0 Å². The number of nitrogens with one attached hydrogen (secondary N) is 2. The van der Waals surface area contributed by atoms with Gasteiger partial charge < -0.3 is 34.4 Å². The van der Waals surface area contributed by atoms with Gasteiger partial charge in [0.2, 0.25) is 0 Å². The van der Waals surface area contributed by atoms with Crippen LogP contribution in [0.3, 0.4) is 0 Å². The van der Waals surface area contributed by atoms with Crippen molar-refractivity contribution in [3.8, 4) is 11.5 Å². The lowest BCUT2D eigenvalue weighted by molar-refractivity contribution is -0.144. The van der Waals surface area contributed by atoms with E-state index in [1.807, 2.05) is 19.1 Å². The standard InChI is InChI=1S/C32H42N4O7/c1-7-42-27-14-20-16-36(30(33)22(20)15-23(27)31(40)34-5)17-26(37)19-12-24(32(2,3)4)29(41-6)25(13-19)35-10-8-21(9-11-35)43-18-28(38)39/h12-15,21,33H,7-11,16-18H2,1-6H3,(H,34,40)(H,38,39). The molecule has 11 nitrogen and oxygen atoms in total. The summed E-state index contributed by atoms with van der Waals surface area (Å²) in [4.78, 5) is 41.1. The van der Waals surface area contributed by atoms with E-state index in [0.717, 1.165) is 16.8 Å². The predicted molar refractivity (Wildman–Crippen MR) is 163 cm³/mol. The van der Waals surface area contributed by atoms with Crippen LogP contribution in [0.25, 0.3) is 0 Å². The predicted octanol–water partition coefficient (Wildman–Crippen LogP) is 3.84. The molecule has 2 aromatic carbocycles. The molecule has 0 atom stereocenters.